The maximum absolute atomic E-state index is 12.6. The van der Waals surface area contributed by atoms with Crippen LogP contribution >= 0.6 is 11.6 Å². The van der Waals surface area contributed by atoms with Crippen LogP contribution in [0.4, 0.5) is 0 Å². The molecule has 0 aromatic heterocycles. The van der Waals surface area contributed by atoms with Gasteiger partial charge in [0.1, 0.15) is 0 Å². The van der Waals surface area contributed by atoms with Gasteiger partial charge in [0.05, 0.1) is 18.6 Å². The van der Waals surface area contributed by atoms with E-state index in [1.54, 1.807) is 69.3 Å². The number of rotatable bonds is 9. The molecule has 0 spiro atoms. The second-order valence-corrected chi connectivity index (χ2v) is 7.74. The zero-order chi connectivity index (χ0) is 22.1. The number of carbonyl (C=O) groups excluding carboxylic acids is 3. The Morgan fingerprint density at radius 2 is 1.53 bits per heavy atom. The number of halogens is 1. The number of ether oxygens (including phenoxy) is 1. The van der Waals surface area contributed by atoms with Crippen molar-refractivity contribution < 1.29 is 19.1 Å². The first kappa shape index (κ1) is 23.4. The van der Waals surface area contributed by atoms with E-state index in [4.69, 9.17) is 16.3 Å². The second kappa shape index (κ2) is 11.4. The Hall–Kier alpha value is -2.86. The monoisotopic (exact) mass is 430 g/mol. The van der Waals surface area contributed by atoms with Crippen LogP contribution in [0.25, 0.3) is 0 Å². The Labute approximate surface area is 182 Å². The van der Waals surface area contributed by atoms with Crippen molar-refractivity contribution in [3.8, 4) is 0 Å². The topological polar surface area (TPSA) is 84.5 Å². The molecular formula is C23H27ClN2O4. The van der Waals surface area contributed by atoms with E-state index in [2.05, 4.69) is 10.6 Å². The fraction of sp³-hybridized carbons (Fsp3) is 0.348. The minimum absolute atomic E-state index is 0.0432. The normalized spacial score (nSPS) is 12.7. The van der Waals surface area contributed by atoms with E-state index in [1.807, 2.05) is 6.07 Å². The van der Waals surface area contributed by atoms with Crippen LogP contribution in [0.15, 0.2) is 54.6 Å². The summed E-state index contributed by atoms with van der Waals surface area (Å²) in [6.07, 6.45) is -0.245. The van der Waals surface area contributed by atoms with Gasteiger partial charge in [-0.3, -0.25) is 14.4 Å². The Morgan fingerprint density at radius 1 is 0.900 bits per heavy atom. The molecular weight excluding hydrogens is 404 g/mol. The van der Waals surface area contributed by atoms with Crippen LogP contribution in [0.5, 0.6) is 0 Å². The fourth-order valence-electron chi connectivity index (χ4n) is 2.95. The Bertz CT molecular complexity index is 871. The van der Waals surface area contributed by atoms with Gasteiger partial charge in [0.15, 0.2) is 0 Å². The van der Waals surface area contributed by atoms with Crippen molar-refractivity contribution in [2.75, 3.05) is 0 Å². The standard InChI is InChI=1S/C23H27ClN2O4/c1-15(2)30-22(28)14-20(18-11-7-8-12-19(18)24)26-21(27)13-16(3)25-23(29)17-9-5-4-6-10-17/h4-12,15-16,20H,13-14H2,1-3H3,(H,25,29)(H,26,27)/t16-,20+/m1/s1. The Morgan fingerprint density at radius 3 is 2.17 bits per heavy atom. The third-order valence-electron chi connectivity index (χ3n) is 4.26. The average Bonchev–Trinajstić information content (AvgIpc) is 2.67. The maximum Gasteiger partial charge on any atom is 0.308 e. The number of amides is 2. The SMILES string of the molecule is CC(C)OC(=O)C[C@H](NC(=O)C[C@@H](C)NC(=O)c1ccccc1)c1ccccc1Cl. The van der Waals surface area contributed by atoms with Crippen molar-refractivity contribution in [2.45, 2.75) is 51.8 Å². The minimum atomic E-state index is -0.630. The highest BCUT2D eigenvalue weighted by Gasteiger charge is 2.23. The van der Waals surface area contributed by atoms with E-state index >= 15 is 0 Å². The summed E-state index contributed by atoms with van der Waals surface area (Å²) in [5.41, 5.74) is 1.16. The van der Waals surface area contributed by atoms with E-state index < -0.39 is 18.1 Å². The molecule has 2 aromatic rings. The third kappa shape index (κ3) is 7.52. The first-order chi connectivity index (χ1) is 14.3. The predicted octanol–water partition coefficient (Wildman–Crippen LogP) is 4.05. The number of carbonyl (C=O) groups is 3. The lowest BCUT2D eigenvalue weighted by Gasteiger charge is -2.22. The molecule has 0 heterocycles. The molecule has 160 valence electrons. The van der Waals surface area contributed by atoms with Gasteiger partial charge < -0.3 is 15.4 Å². The fourth-order valence-corrected chi connectivity index (χ4v) is 3.22. The van der Waals surface area contributed by atoms with E-state index in [0.29, 0.717) is 16.1 Å². The summed E-state index contributed by atoms with van der Waals surface area (Å²) in [5, 5.41) is 6.10. The molecule has 2 aromatic carbocycles. The van der Waals surface area contributed by atoms with Gasteiger partial charge in [-0.25, -0.2) is 0 Å². The predicted molar refractivity (Wildman–Crippen MR) is 116 cm³/mol. The van der Waals surface area contributed by atoms with Gasteiger partial charge in [0, 0.05) is 23.0 Å². The molecule has 0 saturated carbocycles. The van der Waals surface area contributed by atoms with Crippen molar-refractivity contribution >= 4 is 29.4 Å². The van der Waals surface area contributed by atoms with Crippen LogP contribution in [-0.2, 0) is 14.3 Å². The van der Waals surface area contributed by atoms with Gasteiger partial charge in [-0.1, -0.05) is 48.0 Å². The smallest absolute Gasteiger partial charge is 0.308 e. The summed E-state index contributed by atoms with van der Waals surface area (Å²) >= 11 is 6.27. The highest BCUT2D eigenvalue weighted by molar-refractivity contribution is 6.31. The van der Waals surface area contributed by atoms with Crippen LogP contribution in [0.2, 0.25) is 5.02 Å². The third-order valence-corrected chi connectivity index (χ3v) is 4.60. The molecule has 0 radical (unpaired) electrons. The lowest BCUT2D eigenvalue weighted by Crippen LogP contribution is -2.39. The molecule has 0 saturated heterocycles. The van der Waals surface area contributed by atoms with Gasteiger partial charge in [-0.15, -0.1) is 0 Å². The molecule has 0 bridgehead atoms. The van der Waals surface area contributed by atoms with Crippen molar-refractivity contribution in [3.05, 3.63) is 70.7 Å². The van der Waals surface area contributed by atoms with Gasteiger partial charge in [-0.05, 0) is 44.5 Å². The summed E-state index contributed by atoms with van der Waals surface area (Å²) < 4.78 is 5.22. The number of benzene rings is 2. The number of esters is 1. The molecule has 2 rings (SSSR count). The highest BCUT2D eigenvalue weighted by Crippen LogP contribution is 2.26. The van der Waals surface area contributed by atoms with Crippen LogP contribution in [0.1, 0.15) is 55.6 Å². The van der Waals surface area contributed by atoms with Crippen molar-refractivity contribution in [2.24, 2.45) is 0 Å². The largest absolute Gasteiger partial charge is 0.463 e. The van der Waals surface area contributed by atoms with E-state index in [-0.39, 0.29) is 30.8 Å². The van der Waals surface area contributed by atoms with Gasteiger partial charge in [-0.2, -0.15) is 0 Å². The zero-order valence-corrected chi connectivity index (χ0v) is 18.1. The highest BCUT2D eigenvalue weighted by atomic mass is 35.5. The Kier molecular flexibility index (Phi) is 8.87. The van der Waals surface area contributed by atoms with Gasteiger partial charge in [0.2, 0.25) is 5.91 Å². The Balaban J connectivity index is 2.01. The first-order valence-electron chi connectivity index (χ1n) is 9.85. The number of hydrogen-bond acceptors (Lipinski definition) is 4. The molecule has 2 amide bonds. The van der Waals surface area contributed by atoms with E-state index in [0.717, 1.165) is 0 Å². The van der Waals surface area contributed by atoms with Gasteiger partial charge >= 0.3 is 5.97 Å². The molecule has 0 aliphatic heterocycles. The van der Waals surface area contributed by atoms with Gasteiger partial charge in [0.25, 0.3) is 5.91 Å². The number of hydrogen-bond donors (Lipinski definition) is 2. The van der Waals surface area contributed by atoms with Crippen LogP contribution in [0, 0.1) is 0 Å². The second-order valence-electron chi connectivity index (χ2n) is 7.33. The molecule has 0 unspecified atom stereocenters. The molecule has 0 aliphatic rings. The summed E-state index contributed by atoms with van der Waals surface area (Å²) in [6.45, 7) is 5.27. The summed E-state index contributed by atoms with van der Waals surface area (Å²) in [4.78, 5) is 37.0. The van der Waals surface area contributed by atoms with Crippen LogP contribution in [-0.4, -0.2) is 29.9 Å². The van der Waals surface area contributed by atoms with Crippen molar-refractivity contribution in [1.82, 2.24) is 10.6 Å². The summed E-state index contributed by atoms with van der Waals surface area (Å²) in [7, 11) is 0. The first-order valence-corrected chi connectivity index (χ1v) is 10.2. The molecule has 7 heteroatoms. The minimum Gasteiger partial charge on any atom is -0.463 e. The molecule has 0 aliphatic carbocycles. The lowest BCUT2D eigenvalue weighted by atomic mass is 10.0. The van der Waals surface area contributed by atoms with Crippen LogP contribution < -0.4 is 10.6 Å². The number of nitrogens with one attached hydrogen (secondary N) is 2. The van der Waals surface area contributed by atoms with E-state index in [1.165, 1.54) is 0 Å². The molecule has 2 atom stereocenters. The van der Waals surface area contributed by atoms with E-state index in [9.17, 15) is 14.4 Å². The molecule has 6 nitrogen and oxygen atoms in total. The van der Waals surface area contributed by atoms with Crippen molar-refractivity contribution in [3.63, 3.8) is 0 Å². The summed E-state index contributed by atoms with van der Waals surface area (Å²) in [5.74, 6) is -0.988. The molecule has 30 heavy (non-hydrogen) atoms. The van der Waals surface area contributed by atoms with Crippen LogP contribution in [0.3, 0.4) is 0 Å². The zero-order valence-electron chi connectivity index (χ0n) is 17.4. The molecule has 0 fully saturated rings. The average molecular weight is 431 g/mol. The maximum atomic E-state index is 12.6. The molecule has 2 N–H and O–H groups in total. The lowest BCUT2D eigenvalue weighted by molar-refractivity contribution is -0.148. The summed E-state index contributed by atoms with van der Waals surface area (Å²) in [6, 6.07) is 14.8. The quantitative estimate of drug-likeness (QED) is 0.588. The van der Waals surface area contributed by atoms with Crippen molar-refractivity contribution in [1.29, 1.82) is 0 Å².